The zero-order valence-corrected chi connectivity index (χ0v) is 17.8. The molecule has 1 amide bonds. The molecule has 3 aromatic rings. The van der Waals surface area contributed by atoms with Crippen LogP contribution in [0.3, 0.4) is 0 Å². The zero-order chi connectivity index (χ0) is 21.0. The van der Waals surface area contributed by atoms with E-state index in [-0.39, 0.29) is 17.5 Å². The molecule has 0 radical (unpaired) electrons. The highest BCUT2D eigenvalue weighted by molar-refractivity contribution is 8.00. The van der Waals surface area contributed by atoms with Crippen LogP contribution in [0.15, 0.2) is 64.5 Å². The van der Waals surface area contributed by atoms with Crippen LogP contribution >= 0.6 is 11.8 Å². The summed E-state index contributed by atoms with van der Waals surface area (Å²) < 4.78 is 6.88. The van der Waals surface area contributed by atoms with Gasteiger partial charge in [0, 0.05) is 19.8 Å². The molecule has 0 bridgehead atoms. The Kier molecular flexibility index (Phi) is 6.71. The first-order chi connectivity index (χ1) is 13.9. The van der Waals surface area contributed by atoms with Crippen LogP contribution in [0.25, 0.3) is 10.9 Å². The van der Waals surface area contributed by atoms with Gasteiger partial charge in [0.25, 0.3) is 5.56 Å². The Morgan fingerprint density at radius 3 is 2.48 bits per heavy atom. The third kappa shape index (κ3) is 4.52. The predicted molar refractivity (Wildman–Crippen MR) is 118 cm³/mol. The number of hydrogen-bond donors (Lipinski definition) is 0. The number of carbonyl (C=O) groups is 1. The Morgan fingerprint density at radius 1 is 1.14 bits per heavy atom. The van der Waals surface area contributed by atoms with E-state index in [0.717, 1.165) is 5.69 Å². The second-order valence-electron chi connectivity index (χ2n) is 6.88. The minimum absolute atomic E-state index is 0.0606. The quantitative estimate of drug-likeness (QED) is 0.438. The molecule has 152 valence electrons. The summed E-state index contributed by atoms with van der Waals surface area (Å²) in [6, 6.07) is 16.5. The highest BCUT2D eigenvalue weighted by Crippen LogP contribution is 2.27. The van der Waals surface area contributed by atoms with Crippen LogP contribution in [0.5, 0.6) is 0 Å². The lowest BCUT2D eigenvalue weighted by molar-refractivity contribution is -0.117. The van der Waals surface area contributed by atoms with Crippen molar-refractivity contribution in [2.75, 3.05) is 25.7 Å². The molecule has 0 saturated carbocycles. The minimum atomic E-state index is -0.422. The fourth-order valence-electron chi connectivity index (χ4n) is 3.17. The molecule has 7 heteroatoms. The number of fused-ring (bicyclic) bond motifs is 1. The molecule has 29 heavy (non-hydrogen) atoms. The van der Waals surface area contributed by atoms with Gasteiger partial charge in [0.2, 0.25) is 5.91 Å². The molecule has 3 rings (SSSR count). The number of thioether (sulfide) groups is 1. The van der Waals surface area contributed by atoms with E-state index in [9.17, 15) is 9.59 Å². The minimum Gasteiger partial charge on any atom is -0.383 e. The third-order valence-corrected chi connectivity index (χ3v) is 5.78. The highest BCUT2D eigenvalue weighted by atomic mass is 32.2. The van der Waals surface area contributed by atoms with Crippen LogP contribution in [0.4, 0.5) is 5.69 Å². The van der Waals surface area contributed by atoms with Crippen molar-refractivity contribution in [3.63, 3.8) is 0 Å². The number of ether oxygens (including phenoxy) is 1. The first-order valence-corrected chi connectivity index (χ1v) is 10.3. The van der Waals surface area contributed by atoms with E-state index >= 15 is 0 Å². The van der Waals surface area contributed by atoms with Gasteiger partial charge < -0.3 is 9.64 Å². The van der Waals surface area contributed by atoms with E-state index in [1.54, 1.807) is 29.7 Å². The van der Waals surface area contributed by atoms with Crippen molar-refractivity contribution < 1.29 is 9.53 Å². The van der Waals surface area contributed by atoms with Gasteiger partial charge in [-0.1, -0.05) is 42.1 Å². The summed E-state index contributed by atoms with van der Waals surface area (Å²) in [6.07, 6.45) is 0. The lowest BCUT2D eigenvalue weighted by Crippen LogP contribution is -2.34. The molecule has 6 nitrogen and oxygen atoms in total. The first-order valence-electron chi connectivity index (χ1n) is 9.43. The molecular weight excluding hydrogens is 386 g/mol. The molecular formula is C22H25N3O3S. The Balaban J connectivity index is 1.96. The van der Waals surface area contributed by atoms with Crippen LogP contribution in [0.1, 0.15) is 19.9 Å². The topological polar surface area (TPSA) is 64.4 Å². The molecule has 0 unspecified atom stereocenters. The second-order valence-corrected chi connectivity index (χ2v) is 8.19. The smallest absolute Gasteiger partial charge is 0.262 e. The lowest BCUT2D eigenvalue weighted by Gasteiger charge is -2.23. The van der Waals surface area contributed by atoms with Gasteiger partial charge in [0.1, 0.15) is 0 Å². The maximum Gasteiger partial charge on any atom is 0.262 e. The normalized spacial score (nSPS) is 13.2. The van der Waals surface area contributed by atoms with E-state index in [1.165, 1.54) is 11.8 Å². The molecule has 0 spiro atoms. The maximum atomic E-state index is 13.1. The summed E-state index contributed by atoms with van der Waals surface area (Å²) in [4.78, 5) is 32.4. The molecule has 0 aliphatic heterocycles. The lowest BCUT2D eigenvalue weighted by atomic mass is 10.2. The van der Waals surface area contributed by atoms with Crippen molar-refractivity contribution in [2.45, 2.75) is 30.3 Å². The fraction of sp³-hybridized carbons (Fsp3) is 0.318. The van der Waals surface area contributed by atoms with E-state index < -0.39 is 5.25 Å². The molecule has 2 atom stereocenters. The monoisotopic (exact) mass is 411 g/mol. The summed E-state index contributed by atoms with van der Waals surface area (Å²) in [5.41, 5.74) is 1.32. The van der Waals surface area contributed by atoms with Gasteiger partial charge in [0.05, 0.1) is 28.8 Å². The van der Waals surface area contributed by atoms with Gasteiger partial charge >= 0.3 is 0 Å². The highest BCUT2D eigenvalue weighted by Gasteiger charge is 2.24. The van der Waals surface area contributed by atoms with Crippen molar-refractivity contribution >= 4 is 34.3 Å². The Hall–Kier alpha value is -2.64. The Bertz CT molecular complexity index is 1050. The van der Waals surface area contributed by atoms with Crippen molar-refractivity contribution in [1.29, 1.82) is 0 Å². The number of benzene rings is 2. The van der Waals surface area contributed by atoms with Gasteiger partial charge in [-0.05, 0) is 38.1 Å². The summed E-state index contributed by atoms with van der Waals surface area (Å²) >= 11 is 1.29. The van der Waals surface area contributed by atoms with Gasteiger partial charge in [-0.15, -0.1) is 0 Å². The van der Waals surface area contributed by atoms with Crippen molar-refractivity contribution in [3.8, 4) is 0 Å². The number of methoxy groups -OCH3 is 1. The van der Waals surface area contributed by atoms with Crippen LogP contribution in [-0.2, 0) is 9.53 Å². The number of hydrogen-bond acceptors (Lipinski definition) is 5. The average molecular weight is 412 g/mol. The molecule has 0 fully saturated rings. The molecule has 2 aromatic carbocycles. The standard InChI is InChI=1S/C22H25N3O3S/c1-15(14-28-4)25-21(27)18-12-8-9-13-19(18)23-22(25)29-16(2)20(26)24(3)17-10-6-5-7-11-17/h5-13,15-16H,14H2,1-4H3/t15-,16+/m1/s1. The van der Waals surface area contributed by atoms with Crippen molar-refractivity contribution in [2.24, 2.45) is 0 Å². The first kappa shape index (κ1) is 21.1. The molecule has 0 aliphatic carbocycles. The number of nitrogens with zero attached hydrogens (tertiary/aromatic N) is 3. The SMILES string of the molecule is COC[C@@H](C)n1c(S[C@@H](C)C(=O)N(C)c2ccccc2)nc2ccccc2c1=O. The van der Waals surface area contributed by atoms with Crippen LogP contribution in [0, 0.1) is 0 Å². The summed E-state index contributed by atoms with van der Waals surface area (Å²) in [6.45, 7) is 4.12. The van der Waals surface area contributed by atoms with Gasteiger partial charge in [-0.2, -0.15) is 0 Å². The molecule has 0 saturated heterocycles. The van der Waals surface area contributed by atoms with E-state index in [0.29, 0.717) is 22.7 Å². The largest absolute Gasteiger partial charge is 0.383 e. The summed E-state index contributed by atoms with van der Waals surface area (Å²) in [5, 5.41) is 0.648. The average Bonchev–Trinajstić information content (AvgIpc) is 2.73. The maximum absolute atomic E-state index is 13.1. The number of amides is 1. The molecule has 1 heterocycles. The van der Waals surface area contributed by atoms with Gasteiger partial charge in [-0.25, -0.2) is 4.98 Å². The zero-order valence-electron chi connectivity index (χ0n) is 17.0. The van der Waals surface area contributed by atoms with Crippen molar-refractivity contribution in [3.05, 3.63) is 65.0 Å². The van der Waals surface area contributed by atoms with Gasteiger partial charge in [-0.3, -0.25) is 14.2 Å². The number of anilines is 1. The fourth-order valence-corrected chi connectivity index (χ4v) is 4.28. The molecule has 0 aliphatic rings. The molecule has 0 N–H and O–H groups in total. The van der Waals surface area contributed by atoms with Crippen LogP contribution in [-0.4, -0.2) is 41.5 Å². The second kappa shape index (κ2) is 9.24. The Labute approximate surface area is 174 Å². The summed E-state index contributed by atoms with van der Waals surface area (Å²) in [5.74, 6) is -0.0606. The van der Waals surface area contributed by atoms with E-state index in [2.05, 4.69) is 0 Å². The summed E-state index contributed by atoms with van der Waals surface area (Å²) in [7, 11) is 3.35. The van der Waals surface area contributed by atoms with Crippen molar-refractivity contribution in [1.82, 2.24) is 9.55 Å². The van der Waals surface area contributed by atoms with E-state index in [1.807, 2.05) is 62.4 Å². The number of rotatable bonds is 7. The Morgan fingerprint density at radius 2 is 1.79 bits per heavy atom. The number of para-hydroxylation sites is 2. The predicted octanol–water partition coefficient (Wildman–Crippen LogP) is 3.75. The van der Waals surface area contributed by atoms with E-state index in [4.69, 9.17) is 9.72 Å². The number of carbonyl (C=O) groups excluding carboxylic acids is 1. The molecule has 1 aromatic heterocycles. The van der Waals surface area contributed by atoms with Gasteiger partial charge in [0.15, 0.2) is 5.16 Å². The van der Waals surface area contributed by atoms with Crippen LogP contribution < -0.4 is 10.5 Å². The van der Waals surface area contributed by atoms with Crippen LogP contribution in [0.2, 0.25) is 0 Å². The number of aromatic nitrogens is 2. The third-order valence-electron chi connectivity index (χ3n) is 4.73.